The van der Waals surface area contributed by atoms with Crippen LogP contribution < -0.4 is 10.1 Å². The molecular weight excluding hydrogens is 316 g/mol. The zero-order chi connectivity index (χ0) is 16.8. The third-order valence-electron chi connectivity index (χ3n) is 3.41. The highest BCUT2D eigenvalue weighted by atomic mass is 35.5. The van der Waals surface area contributed by atoms with Gasteiger partial charge in [-0.15, -0.1) is 0 Å². The van der Waals surface area contributed by atoms with Crippen LogP contribution in [-0.4, -0.2) is 23.9 Å². The summed E-state index contributed by atoms with van der Waals surface area (Å²) in [6.07, 6.45) is 1.20. The van der Waals surface area contributed by atoms with Crippen molar-refractivity contribution in [1.29, 1.82) is 0 Å². The molecule has 1 amide bonds. The number of oxime groups is 1. The highest BCUT2D eigenvalue weighted by Gasteiger charge is 2.09. The Morgan fingerprint density at radius 2 is 2.13 bits per heavy atom. The summed E-state index contributed by atoms with van der Waals surface area (Å²) >= 11 is 5.88. The van der Waals surface area contributed by atoms with Crippen LogP contribution >= 0.6 is 11.6 Å². The smallest absolute Gasteiger partial charge is 0.262 e. The number of ether oxygens (including phenoxy) is 1. The molecule has 0 spiro atoms. The van der Waals surface area contributed by atoms with Crippen molar-refractivity contribution in [3.8, 4) is 5.75 Å². The minimum absolute atomic E-state index is 0.165. The first-order chi connectivity index (χ1) is 11.0. The number of carbonyl (C=O) groups is 1. The first-order valence-electron chi connectivity index (χ1n) is 6.97. The lowest BCUT2D eigenvalue weighted by Gasteiger charge is -2.12. The first kappa shape index (κ1) is 16.8. The lowest BCUT2D eigenvalue weighted by atomic mass is 10.1. The van der Waals surface area contributed by atoms with Crippen LogP contribution in [0.5, 0.6) is 5.75 Å². The Morgan fingerprint density at radius 1 is 1.35 bits per heavy atom. The lowest BCUT2D eigenvalue weighted by Crippen LogP contribution is -2.21. The number of aryl methyl sites for hydroxylation is 1. The van der Waals surface area contributed by atoms with E-state index >= 15 is 0 Å². The van der Waals surface area contributed by atoms with Crippen molar-refractivity contribution in [3.05, 3.63) is 58.1 Å². The molecule has 0 saturated heterocycles. The van der Waals surface area contributed by atoms with Gasteiger partial charge in [0.05, 0.1) is 6.21 Å². The number of carbonyl (C=O) groups excluding carboxylic acids is 1. The normalized spacial score (nSPS) is 10.7. The van der Waals surface area contributed by atoms with Crippen molar-refractivity contribution in [2.24, 2.45) is 5.16 Å². The molecular formula is C17H17ClN2O3. The molecule has 5 nitrogen and oxygen atoms in total. The van der Waals surface area contributed by atoms with Gasteiger partial charge in [0.1, 0.15) is 5.75 Å². The number of anilines is 1. The summed E-state index contributed by atoms with van der Waals surface area (Å²) in [7, 11) is 0. The largest absolute Gasteiger partial charge is 0.483 e. The van der Waals surface area contributed by atoms with E-state index in [-0.39, 0.29) is 12.5 Å². The van der Waals surface area contributed by atoms with E-state index in [2.05, 4.69) is 10.5 Å². The summed E-state index contributed by atoms with van der Waals surface area (Å²) in [5, 5.41) is 14.9. The number of hydrogen-bond acceptors (Lipinski definition) is 4. The SMILES string of the molecule is Cc1cccc(NC(=O)COc2ccc(Cl)cc2/C=N/O)c1C. The second kappa shape index (κ2) is 7.65. The molecule has 0 saturated carbocycles. The van der Waals surface area contributed by atoms with Gasteiger partial charge in [0.2, 0.25) is 0 Å². The van der Waals surface area contributed by atoms with E-state index < -0.39 is 0 Å². The van der Waals surface area contributed by atoms with Crippen molar-refractivity contribution in [2.45, 2.75) is 13.8 Å². The fourth-order valence-corrected chi connectivity index (χ4v) is 2.21. The third kappa shape index (κ3) is 4.47. The van der Waals surface area contributed by atoms with E-state index in [1.54, 1.807) is 18.2 Å². The van der Waals surface area contributed by atoms with Crippen LogP contribution in [-0.2, 0) is 4.79 Å². The number of rotatable bonds is 5. The van der Waals surface area contributed by atoms with E-state index in [4.69, 9.17) is 21.5 Å². The van der Waals surface area contributed by atoms with Crippen molar-refractivity contribution in [3.63, 3.8) is 0 Å². The second-order valence-corrected chi connectivity index (χ2v) is 5.45. The lowest BCUT2D eigenvalue weighted by molar-refractivity contribution is -0.118. The van der Waals surface area contributed by atoms with Crippen molar-refractivity contribution in [2.75, 3.05) is 11.9 Å². The maximum Gasteiger partial charge on any atom is 0.262 e. The van der Waals surface area contributed by atoms with E-state index in [0.717, 1.165) is 16.8 Å². The molecule has 0 aromatic heterocycles. The van der Waals surface area contributed by atoms with Gasteiger partial charge in [0, 0.05) is 16.3 Å². The average molecular weight is 333 g/mol. The second-order valence-electron chi connectivity index (χ2n) is 5.01. The summed E-state index contributed by atoms with van der Waals surface area (Å²) in [6.45, 7) is 3.76. The molecule has 0 radical (unpaired) electrons. The Hall–Kier alpha value is -2.53. The average Bonchev–Trinajstić information content (AvgIpc) is 2.51. The van der Waals surface area contributed by atoms with Gasteiger partial charge in [-0.25, -0.2) is 0 Å². The van der Waals surface area contributed by atoms with Crippen LogP contribution in [0.4, 0.5) is 5.69 Å². The number of benzene rings is 2. The Kier molecular flexibility index (Phi) is 5.60. The molecule has 23 heavy (non-hydrogen) atoms. The first-order valence-corrected chi connectivity index (χ1v) is 7.35. The van der Waals surface area contributed by atoms with Crippen molar-refractivity contribution < 1.29 is 14.7 Å². The van der Waals surface area contributed by atoms with Gasteiger partial charge >= 0.3 is 0 Å². The van der Waals surface area contributed by atoms with Gasteiger partial charge in [-0.05, 0) is 49.2 Å². The van der Waals surface area contributed by atoms with E-state index in [0.29, 0.717) is 16.3 Å². The monoisotopic (exact) mass is 332 g/mol. The Bertz CT molecular complexity index is 745. The quantitative estimate of drug-likeness (QED) is 0.497. The number of nitrogens with zero attached hydrogens (tertiary/aromatic N) is 1. The standard InChI is InChI=1S/C17H17ClN2O3/c1-11-4-3-5-15(12(11)2)20-17(21)10-23-16-7-6-14(18)8-13(16)9-19-22/h3-9,22H,10H2,1-2H3,(H,20,21)/b19-9+. The number of hydrogen-bond donors (Lipinski definition) is 2. The number of halogens is 1. The van der Waals surface area contributed by atoms with E-state index in [9.17, 15) is 4.79 Å². The minimum Gasteiger partial charge on any atom is -0.483 e. The fourth-order valence-electron chi connectivity index (χ4n) is 2.03. The molecule has 2 rings (SSSR count). The van der Waals surface area contributed by atoms with Gasteiger partial charge < -0.3 is 15.3 Å². The molecule has 0 bridgehead atoms. The summed E-state index contributed by atoms with van der Waals surface area (Å²) in [5.74, 6) is 0.129. The van der Waals surface area contributed by atoms with Crippen molar-refractivity contribution in [1.82, 2.24) is 0 Å². The zero-order valence-corrected chi connectivity index (χ0v) is 13.6. The Morgan fingerprint density at radius 3 is 2.87 bits per heavy atom. The molecule has 0 aliphatic carbocycles. The molecule has 0 atom stereocenters. The van der Waals surface area contributed by atoms with Gasteiger partial charge in [-0.3, -0.25) is 4.79 Å². The third-order valence-corrected chi connectivity index (χ3v) is 3.64. The Labute approximate surface area is 139 Å². The summed E-state index contributed by atoms with van der Waals surface area (Å²) < 4.78 is 5.48. The summed E-state index contributed by atoms with van der Waals surface area (Å²) in [6, 6.07) is 10.5. The molecule has 0 aliphatic rings. The van der Waals surface area contributed by atoms with Gasteiger partial charge in [0.25, 0.3) is 5.91 Å². The van der Waals surface area contributed by atoms with Crippen LogP contribution in [0.2, 0.25) is 5.02 Å². The van der Waals surface area contributed by atoms with Gasteiger partial charge in [-0.1, -0.05) is 28.9 Å². The molecule has 0 fully saturated rings. The maximum atomic E-state index is 12.0. The highest BCUT2D eigenvalue weighted by molar-refractivity contribution is 6.30. The van der Waals surface area contributed by atoms with Crippen molar-refractivity contribution >= 4 is 29.4 Å². The molecule has 0 heterocycles. The maximum absolute atomic E-state index is 12.0. The minimum atomic E-state index is -0.277. The van der Waals surface area contributed by atoms with Crippen LogP contribution in [0.15, 0.2) is 41.6 Å². The van der Waals surface area contributed by atoms with Crippen LogP contribution in [0.3, 0.4) is 0 Å². The van der Waals surface area contributed by atoms with Crippen LogP contribution in [0, 0.1) is 13.8 Å². The van der Waals surface area contributed by atoms with E-state index in [1.165, 1.54) is 6.21 Å². The fraction of sp³-hybridized carbons (Fsp3) is 0.176. The van der Waals surface area contributed by atoms with E-state index in [1.807, 2.05) is 32.0 Å². The molecule has 2 aromatic rings. The number of amides is 1. The molecule has 2 N–H and O–H groups in total. The number of nitrogens with one attached hydrogen (secondary N) is 1. The summed E-state index contributed by atoms with van der Waals surface area (Å²) in [4.78, 5) is 12.0. The van der Waals surface area contributed by atoms with Crippen LogP contribution in [0.25, 0.3) is 0 Å². The zero-order valence-electron chi connectivity index (χ0n) is 12.8. The predicted molar refractivity (Wildman–Crippen MR) is 90.9 cm³/mol. The molecule has 6 heteroatoms. The molecule has 120 valence electrons. The molecule has 0 aliphatic heterocycles. The van der Waals surface area contributed by atoms with Gasteiger partial charge in [-0.2, -0.15) is 0 Å². The van der Waals surface area contributed by atoms with Crippen LogP contribution in [0.1, 0.15) is 16.7 Å². The highest BCUT2D eigenvalue weighted by Crippen LogP contribution is 2.22. The summed E-state index contributed by atoms with van der Waals surface area (Å²) in [5.41, 5.74) is 3.36. The molecule has 2 aromatic carbocycles. The topological polar surface area (TPSA) is 70.9 Å². The Balaban J connectivity index is 2.03. The molecule has 0 unspecified atom stereocenters. The predicted octanol–water partition coefficient (Wildman–Crippen LogP) is 3.78. The van der Waals surface area contributed by atoms with Gasteiger partial charge in [0.15, 0.2) is 6.61 Å².